The molecule has 7 heteroatoms. The Morgan fingerprint density at radius 1 is 1.04 bits per heavy atom. The number of hydrogen-bond donors (Lipinski definition) is 2. The van der Waals surface area contributed by atoms with Crippen molar-refractivity contribution in [2.24, 2.45) is 0 Å². The highest BCUT2D eigenvalue weighted by Gasteiger charge is 2.07. The molecule has 0 aliphatic heterocycles. The second-order valence-electron chi connectivity index (χ2n) is 5.51. The zero-order valence-electron chi connectivity index (χ0n) is 15.1. The SMILES string of the molecule is CCOC(=O)c1ccc(Nc2nccc(Nc3ccccc3OC)n2)cc1. The summed E-state index contributed by atoms with van der Waals surface area (Å²) < 4.78 is 10.3. The summed E-state index contributed by atoms with van der Waals surface area (Å²) in [6, 6.07) is 16.3. The highest BCUT2D eigenvalue weighted by molar-refractivity contribution is 5.89. The van der Waals surface area contributed by atoms with Crippen LogP contribution in [0.3, 0.4) is 0 Å². The summed E-state index contributed by atoms with van der Waals surface area (Å²) in [6.07, 6.45) is 1.65. The van der Waals surface area contributed by atoms with Crippen LogP contribution in [0.4, 0.5) is 23.1 Å². The van der Waals surface area contributed by atoms with E-state index in [9.17, 15) is 4.79 Å². The second kappa shape index (κ2) is 8.66. The minimum Gasteiger partial charge on any atom is -0.495 e. The molecule has 0 saturated carbocycles. The Hall–Kier alpha value is -3.61. The van der Waals surface area contributed by atoms with Crippen molar-refractivity contribution >= 4 is 29.1 Å². The van der Waals surface area contributed by atoms with E-state index in [0.29, 0.717) is 23.9 Å². The molecular weight excluding hydrogens is 344 g/mol. The van der Waals surface area contributed by atoms with Crippen molar-refractivity contribution < 1.29 is 14.3 Å². The van der Waals surface area contributed by atoms with E-state index < -0.39 is 0 Å². The third kappa shape index (κ3) is 4.72. The van der Waals surface area contributed by atoms with E-state index in [0.717, 1.165) is 17.1 Å². The van der Waals surface area contributed by atoms with E-state index in [-0.39, 0.29) is 5.97 Å². The van der Waals surface area contributed by atoms with Gasteiger partial charge < -0.3 is 20.1 Å². The molecule has 3 aromatic rings. The predicted molar refractivity (Wildman–Crippen MR) is 104 cm³/mol. The first-order valence-corrected chi connectivity index (χ1v) is 8.47. The van der Waals surface area contributed by atoms with Crippen molar-refractivity contribution in [1.82, 2.24) is 9.97 Å². The predicted octanol–water partition coefficient (Wildman–Crippen LogP) is 4.15. The van der Waals surface area contributed by atoms with Gasteiger partial charge >= 0.3 is 5.97 Å². The zero-order valence-corrected chi connectivity index (χ0v) is 15.1. The Morgan fingerprint density at radius 3 is 2.56 bits per heavy atom. The lowest BCUT2D eigenvalue weighted by atomic mass is 10.2. The highest BCUT2D eigenvalue weighted by Crippen LogP contribution is 2.26. The average molecular weight is 364 g/mol. The molecule has 0 radical (unpaired) electrons. The van der Waals surface area contributed by atoms with Crippen LogP contribution in [0.2, 0.25) is 0 Å². The van der Waals surface area contributed by atoms with Gasteiger partial charge in [-0.05, 0) is 49.4 Å². The third-order valence-corrected chi connectivity index (χ3v) is 3.68. The highest BCUT2D eigenvalue weighted by atomic mass is 16.5. The van der Waals surface area contributed by atoms with E-state index in [2.05, 4.69) is 20.6 Å². The first-order chi connectivity index (χ1) is 13.2. The van der Waals surface area contributed by atoms with Crippen molar-refractivity contribution in [3.63, 3.8) is 0 Å². The van der Waals surface area contributed by atoms with Crippen LogP contribution in [-0.2, 0) is 4.74 Å². The molecule has 0 saturated heterocycles. The Kier molecular flexibility index (Phi) is 5.84. The maximum Gasteiger partial charge on any atom is 0.338 e. The maximum absolute atomic E-state index is 11.7. The van der Waals surface area contributed by atoms with Gasteiger partial charge in [0.25, 0.3) is 0 Å². The van der Waals surface area contributed by atoms with Gasteiger partial charge in [0.1, 0.15) is 11.6 Å². The Balaban J connectivity index is 1.71. The fourth-order valence-electron chi connectivity index (χ4n) is 2.41. The molecule has 0 atom stereocenters. The number of esters is 1. The van der Waals surface area contributed by atoms with Gasteiger partial charge in [-0.3, -0.25) is 0 Å². The van der Waals surface area contributed by atoms with Crippen molar-refractivity contribution in [2.45, 2.75) is 6.92 Å². The van der Waals surface area contributed by atoms with Crippen molar-refractivity contribution in [2.75, 3.05) is 24.4 Å². The summed E-state index contributed by atoms with van der Waals surface area (Å²) in [5.41, 5.74) is 2.07. The zero-order chi connectivity index (χ0) is 19.1. The van der Waals surface area contributed by atoms with Gasteiger partial charge in [0, 0.05) is 11.9 Å². The summed E-state index contributed by atoms with van der Waals surface area (Å²) in [6.45, 7) is 2.12. The van der Waals surface area contributed by atoms with Crippen LogP contribution >= 0.6 is 0 Å². The van der Waals surface area contributed by atoms with E-state index in [1.807, 2.05) is 24.3 Å². The van der Waals surface area contributed by atoms with E-state index in [1.54, 1.807) is 50.6 Å². The van der Waals surface area contributed by atoms with Crippen molar-refractivity contribution in [3.05, 3.63) is 66.4 Å². The number of aromatic nitrogens is 2. The maximum atomic E-state index is 11.7. The number of rotatable bonds is 7. The van der Waals surface area contributed by atoms with Gasteiger partial charge in [-0.25, -0.2) is 9.78 Å². The molecule has 0 fully saturated rings. The largest absolute Gasteiger partial charge is 0.495 e. The summed E-state index contributed by atoms with van der Waals surface area (Å²) in [5, 5.41) is 6.32. The number of para-hydroxylation sites is 2. The lowest BCUT2D eigenvalue weighted by molar-refractivity contribution is 0.0526. The molecule has 0 aliphatic rings. The van der Waals surface area contributed by atoms with E-state index >= 15 is 0 Å². The van der Waals surface area contributed by atoms with Gasteiger partial charge in [-0.2, -0.15) is 4.98 Å². The smallest absolute Gasteiger partial charge is 0.338 e. The Labute approximate surface area is 157 Å². The van der Waals surface area contributed by atoms with Gasteiger partial charge in [-0.15, -0.1) is 0 Å². The molecule has 27 heavy (non-hydrogen) atoms. The van der Waals surface area contributed by atoms with E-state index in [1.165, 1.54) is 0 Å². The monoisotopic (exact) mass is 364 g/mol. The molecule has 3 rings (SSSR count). The van der Waals surface area contributed by atoms with Crippen molar-refractivity contribution in [1.29, 1.82) is 0 Å². The second-order valence-corrected chi connectivity index (χ2v) is 5.51. The summed E-state index contributed by atoms with van der Waals surface area (Å²) in [5.74, 6) is 1.43. The average Bonchev–Trinajstić information content (AvgIpc) is 2.69. The molecule has 1 heterocycles. The number of anilines is 4. The molecule has 1 aromatic heterocycles. The molecule has 7 nitrogen and oxygen atoms in total. The molecule has 0 amide bonds. The fourth-order valence-corrected chi connectivity index (χ4v) is 2.41. The van der Waals surface area contributed by atoms with Crippen LogP contribution in [0, 0.1) is 0 Å². The fraction of sp³-hybridized carbons (Fsp3) is 0.150. The number of carbonyl (C=O) groups excluding carboxylic acids is 1. The minimum absolute atomic E-state index is 0.344. The van der Waals surface area contributed by atoms with Gasteiger partial charge in [0.05, 0.1) is 25.0 Å². The van der Waals surface area contributed by atoms with Gasteiger partial charge in [-0.1, -0.05) is 12.1 Å². The summed E-state index contributed by atoms with van der Waals surface area (Å²) in [7, 11) is 1.62. The van der Waals surface area contributed by atoms with Gasteiger partial charge in [0.15, 0.2) is 0 Å². The molecule has 0 aliphatic carbocycles. The standard InChI is InChI=1S/C20H20N4O3/c1-3-27-19(25)14-8-10-15(11-9-14)22-20-21-13-12-18(24-20)23-16-6-4-5-7-17(16)26-2/h4-13H,3H2,1-2H3,(H2,21,22,23,24). The number of nitrogens with one attached hydrogen (secondary N) is 2. The normalized spacial score (nSPS) is 10.1. The number of ether oxygens (including phenoxy) is 2. The molecule has 0 bridgehead atoms. The Bertz CT molecular complexity index is 913. The summed E-state index contributed by atoms with van der Waals surface area (Å²) in [4.78, 5) is 20.4. The first-order valence-electron chi connectivity index (χ1n) is 8.47. The molecule has 0 unspecified atom stereocenters. The number of methoxy groups -OCH3 is 1. The van der Waals surface area contributed by atoms with Crippen LogP contribution in [0.1, 0.15) is 17.3 Å². The van der Waals surface area contributed by atoms with Crippen LogP contribution in [-0.4, -0.2) is 29.7 Å². The number of hydrogen-bond acceptors (Lipinski definition) is 7. The lowest BCUT2D eigenvalue weighted by Crippen LogP contribution is -2.05. The van der Waals surface area contributed by atoms with Crippen LogP contribution in [0.25, 0.3) is 0 Å². The minimum atomic E-state index is -0.344. The number of carbonyl (C=O) groups is 1. The quantitative estimate of drug-likeness (QED) is 0.609. The van der Waals surface area contributed by atoms with Crippen molar-refractivity contribution in [3.8, 4) is 5.75 Å². The van der Waals surface area contributed by atoms with Gasteiger partial charge in [0.2, 0.25) is 5.95 Å². The summed E-state index contributed by atoms with van der Waals surface area (Å²) >= 11 is 0. The van der Waals surface area contributed by atoms with Crippen LogP contribution in [0.5, 0.6) is 5.75 Å². The molecule has 2 N–H and O–H groups in total. The lowest BCUT2D eigenvalue weighted by Gasteiger charge is -2.11. The number of benzene rings is 2. The first kappa shape index (κ1) is 18.2. The Morgan fingerprint density at radius 2 is 1.81 bits per heavy atom. The third-order valence-electron chi connectivity index (χ3n) is 3.68. The van der Waals surface area contributed by atoms with Crippen LogP contribution < -0.4 is 15.4 Å². The molecular formula is C20H20N4O3. The van der Waals surface area contributed by atoms with E-state index in [4.69, 9.17) is 9.47 Å². The van der Waals surface area contributed by atoms with Crippen LogP contribution in [0.15, 0.2) is 60.8 Å². The number of nitrogens with zero attached hydrogens (tertiary/aromatic N) is 2. The topological polar surface area (TPSA) is 85.4 Å². The molecule has 138 valence electrons. The molecule has 0 spiro atoms. The molecule has 2 aromatic carbocycles.